The van der Waals surface area contributed by atoms with Crippen molar-refractivity contribution < 1.29 is 48.9 Å². The predicted octanol–water partition coefficient (Wildman–Crippen LogP) is 0.978. The van der Waals surface area contributed by atoms with Gasteiger partial charge in [-0.1, -0.05) is 86.6 Å². The largest absolute Gasteiger partial charge is 0.508 e. The van der Waals surface area contributed by atoms with Crippen LogP contribution in [0.3, 0.4) is 0 Å². The SMILES string of the molecule is CC(C)C[C@H](NC(=O)[C@H](Cc1ccccc1)NC(=O)CNC(=O)[C@@H]1CCCN1C(=O)[C@H](Cc1ccc(O)cc1)NC(=O)Cc1ccccc1)C(=O)N[C@H](C(=O)O)[C@@H](C)O. The van der Waals surface area contributed by atoms with Crippen LogP contribution in [0.2, 0.25) is 0 Å². The van der Waals surface area contributed by atoms with Crippen molar-refractivity contribution in [3.05, 3.63) is 102 Å². The Labute approximate surface area is 343 Å². The maximum Gasteiger partial charge on any atom is 0.328 e. The molecule has 6 amide bonds. The number of aliphatic hydroxyl groups is 1. The number of aliphatic carboxylic acids is 1. The van der Waals surface area contributed by atoms with Gasteiger partial charge in [-0.2, -0.15) is 0 Å². The molecule has 1 aliphatic heterocycles. The van der Waals surface area contributed by atoms with Crippen molar-refractivity contribution in [3.63, 3.8) is 0 Å². The molecule has 3 aromatic carbocycles. The van der Waals surface area contributed by atoms with Crippen LogP contribution in [0.4, 0.5) is 0 Å². The van der Waals surface area contributed by atoms with Gasteiger partial charge in [0.05, 0.1) is 19.1 Å². The Morgan fingerprint density at radius 3 is 1.85 bits per heavy atom. The maximum atomic E-state index is 14.1. The van der Waals surface area contributed by atoms with Crippen LogP contribution in [-0.2, 0) is 52.8 Å². The van der Waals surface area contributed by atoms with Crippen molar-refractivity contribution in [2.45, 2.75) is 95.6 Å². The van der Waals surface area contributed by atoms with E-state index >= 15 is 0 Å². The van der Waals surface area contributed by atoms with Crippen LogP contribution < -0.4 is 26.6 Å². The van der Waals surface area contributed by atoms with Crippen molar-refractivity contribution in [2.24, 2.45) is 5.92 Å². The molecule has 8 N–H and O–H groups in total. The molecule has 0 unspecified atom stereocenters. The van der Waals surface area contributed by atoms with Crippen molar-refractivity contribution in [1.82, 2.24) is 31.5 Å². The highest BCUT2D eigenvalue weighted by molar-refractivity contribution is 5.96. The van der Waals surface area contributed by atoms with Gasteiger partial charge in [0.15, 0.2) is 6.04 Å². The lowest BCUT2D eigenvalue weighted by Crippen LogP contribution is -2.58. The number of rotatable bonds is 20. The van der Waals surface area contributed by atoms with Gasteiger partial charge in [-0.3, -0.25) is 28.8 Å². The standard InChI is InChI=1S/C43H54N6O10/c1-26(2)21-32(40(55)48-38(27(3)50)43(58)59)47-39(54)33(22-28-11-6-4-7-12-28)45-37(53)25-44-41(56)35-15-10-20-49(35)42(57)34(23-30-16-18-31(51)19-17-30)46-36(52)24-29-13-8-5-9-14-29/h4-9,11-14,16-19,26-27,32-35,38,50-51H,10,15,20-25H2,1-3H3,(H,44,56)(H,45,53)(H,46,52)(H,47,54)(H,48,55)(H,58,59)/t27-,32+,33+,34+,35+,38+/m1/s1. The van der Waals surface area contributed by atoms with Crippen molar-refractivity contribution in [1.29, 1.82) is 0 Å². The molecule has 0 spiro atoms. The van der Waals surface area contributed by atoms with Gasteiger partial charge in [0, 0.05) is 19.4 Å². The quantitative estimate of drug-likeness (QED) is 0.0804. The second kappa shape index (κ2) is 22.0. The number of aromatic hydroxyl groups is 1. The second-order valence-corrected chi connectivity index (χ2v) is 15.1. The Kier molecular flexibility index (Phi) is 16.9. The summed E-state index contributed by atoms with van der Waals surface area (Å²) >= 11 is 0. The zero-order chi connectivity index (χ0) is 43.1. The first-order valence-electron chi connectivity index (χ1n) is 19.7. The number of phenolic OH excluding ortho intramolecular Hbond substituents is 1. The number of phenols is 1. The highest BCUT2D eigenvalue weighted by atomic mass is 16.4. The molecule has 6 atom stereocenters. The number of amides is 6. The highest BCUT2D eigenvalue weighted by Gasteiger charge is 2.38. The molecule has 1 fully saturated rings. The monoisotopic (exact) mass is 814 g/mol. The first-order valence-corrected chi connectivity index (χ1v) is 19.7. The summed E-state index contributed by atoms with van der Waals surface area (Å²) in [4.78, 5) is 94.1. The molecule has 4 rings (SSSR count). The molecule has 16 nitrogen and oxygen atoms in total. The Balaban J connectivity index is 1.44. The molecule has 0 aliphatic carbocycles. The van der Waals surface area contributed by atoms with Crippen LogP contribution >= 0.6 is 0 Å². The second-order valence-electron chi connectivity index (χ2n) is 15.1. The van der Waals surface area contributed by atoms with E-state index in [9.17, 15) is 48.9 Å². The molecule has 0 radical (unpaired) electrons. The zero-order valence-corrected chi connectivity index (χ0v) is 33.4. The van der Waals surface area contributed by atoms with Crippen LogP contribution in [0, 0.1) is 5.92 Å². The fraction of sp³-hybridized carbons (Fsp3) is 0.419. The number of carbonyl (C=O) groups is 7. The normalized spacial score (nSPS) is 16.2. The molecular weight excluding hydrogens is 761 g/mol. The van der Waals surface area contributed by atoms with Gasteiger partial charge in [0.2, 0.25) is 35.4 Å². The fourth-order valence-electron chi connectivity index (χ4n) is 6.81. The van der Waals surface area contributed by atoms with E-state index < -0.39 is 78.4 Å². The van der Waals surface area contributed by atoms with E-state index in [2.05, 4.69) is 26.6 Å². The predicted molar refractivity (Wildman–Crippen MR) is 216 cm³/mol. The van der Waals surface area contributed by atoms with E-state index in [-0.39, 0.29) is 49.8 Å². The molecule has 1 aliphatic rings. The number of nitrogens with one attached hydrogen (secondary N) is 5. The highest BCUT2D eigenvalue weighted by Crippen LogP contribution is 2.21. The van der Waals surface area contributed by atoms with Crippen LogP contribution in [-0.4, -0.2) is 111 Å². The van der Waals surface area contributed by atoms with Crippen LogP contribution in [0.15, 0.2) is 84.9 Å². The number of hydrogen-bond donors (Lipinski definition) is 8. The van der Waals surface area contributed by atoms with E-state index in [4.69, 9.17) is 0 Å². The van der Waals surface area contributed by atoms with Crippen LogP contribution in [0.1, 0.15) is 56.7 Å². The number of likely N-dealkylation sites (tertiary alicyclic amines) is 1. The van der Waals surface area contributed by atoms with Crippen molar-refractivity contribution in [2.75, 3.05) is 13.1 Å². The molecule has 316 valence electrons. The average Bonchev–Trinajstić information content (AvgIpc) is 3.69. The number of carbonyl (C=O) groups excluding carboxylic acids is 6. The van der Waals surface area contributed by atoms with E-state index in [1.165, 1.54) is 24.0 Å². The molecule has 0 saturated carbocycles. The summed E-state index contributed by atoms with van der Waals surface area (Å²) in [6.45, 7) is 4.51. The van der Waals surface area contributed by atoms with E-state index in [0.29, 0.717) is 24.0 Å². The maximum absolute atomic E-state index is 14.1. The van der Waals surface area contributed by atoms with Gasteiger partial charge in [-0.15, -0.1) is 0 Å². The molecular formula is C43H54N6O10. The van der Waals surface area contributed by atoms with Gasteiger partial charge in [0.1, 0.15) is 29.9 Å². The smallest absolute Gasteiger partial charge is 0.328 e. The van der Waals surface area contributed by atoms with Crippen molar-refractivity contribution in [3.8, 4) is 5.75 Å². The molecule has 0 aromatic heterocycles. The number of carboxylic acid groups (broad SMARTS) is 1. The Bertz CT molecular complexity index is 1910. The van der Waals surface area contributed by atoms with Gasteiger partial charge < -0.3 is 46.8 Å². The molecule has 0 bridgehead atoms. The average molecular weight is 815 g/mol. The number of benzene rings is 3. The van der Waals surface area contributed by atoms with Gasteiger partial charge in [-0.05, 0) is 60.9 Å². The van der Waals surface area contributed by atoms with Crippen LogP contribution in [0.5, 0.6) is 5.75 Å². The topological polar surface area (TPSA) is 244 Å². The Morgan fingerprint density at radius 2 is 1.25 bits per heavy atom. The third-order valence-corrected chi connectivity index (χ3v) is 9.80. The summed E-state index contributed by atoms with van der Waals surface area (Å²) in [5, 5.41) is 42.1. The number of nitrogens with zero attached hydrogens (tertiary/aromatic N) is 1. The lowest BCUT2D eigenvalue weighted by molar-refractivity contribution is -0.145. The summed E-state index contributed by atoms with van der Waals surface area (Å²) in [6, 6.07) is 18.0. The first-order chi connectivity index (χ1) is 28.1. The number of carboxylic acids is 1. The minimum absolute atomic E-state index is 0.0110. The third-order valence-electron chi connectivity index (χ3n) is 9.80. The Hall–Kier alpha value is -6.29. The summed E-state index contributed by atoms with van der Waals surface area (Å²) in [5.41, 5.74) is 2.11. The summed E-state index contributed by atoms with van der Waals surface area (Å²) in [6.07, 6.45) is -0.361. The lowest BCUT2D eigenvalue weighted by atomic mass is 10.0. The van der Waals surface area contributed by atoms with Crippen LogP contribution in [0.25, 0.3) is 0 Å². The van der Waals surface area contributed by atoms with E-state index in [1.807, 2.05) is 6.07 Å². The number of hydrogen-bond acceptors (Lipinski definition) is 9. The molecule has 1 saturated heterocycles. The Morgan fingerprint density at radius 1 is 0.695 bits per heavy atom. The number of aliphatic hydroxyl groups excluding tert-OH is 1. The molecule has 3 aromatic rings. The third kappa shape index (κ3) is 14.2. The van der Waals surface area contributed by atoms with Gasteiger partial charge >= 0.3 is 5.97 Å². The summed E-state index contributed by atoms with van der Waals surface area (Å²) in [7, 11) is 0. The lowest BCUT2D eigenvalue weighted by Gasteiger charge is -2.29. The zero-order valence-electron chi connectivity index (χ0n) is 33.4. The minimum Gasteiger partial charge on any atom is -0.508 e. The minimum atomic E-state index is -1.62. The van der Waals surface area contributed by atoms with E-state index in [1.54, 1.807) is 80.6 Å². The van der Waals surface area contributed by atoms with Crippen molar-refractivity contribution >= 4 is 41.4 Å². The molecule has 59 heavy (non-hydrogen) atoms. The summed E-state index contributed by atoms with van der Waals surface area (Å²) < 4.78 is 0. The summed E-state index contributed by atoms with van der Waals surface area (Å²) in [5.74, 6) is -5.29. The van der Waals surface area contributed by atoms with E-state index in [0.717, 1.165) is 5.56 Å². The molecule has 16 heteroatoms. The fourth-order valence-corrected chi connectivity index (χ4v) is 6.81. The molecule has 1 heterocycles. The first kappa shape index (κ1) is 45.4. The van der Waals surface area contributed by atoms with Gasteiger partial charge in [0.25, 0.3) is 0 Å². The van der Waals surface area contributed by atoms with Gasteiger partial charge in [-0.25, -0.2) is 4.79 Å².